The molecular formula is C13H30N2O2S. The zero-order valence-electron chi connectivity index (χ0n) is 12.6. The Balaban J connectivity index is 4.63. The number of rotatable bonds is 8. The molecule has 4 nitrogen and oxygen atoms in total. The Hall–Kier alpha value is -0.130. The average Bonchev–Trinajstić information content (AvgIpc) is 2.20. The van der Waals surface area contributed by atoms with Gasteiger partial charge in [0.05, 0.1) is 5.75 Å². The lowest BCUT2D eigenvalue weighted by Gasteiger charge is -2.26. The van der Waals surface area contributed by atoms with E-state index in [2.05, 4.69) is 20.8 Å². The van der Waals surface area contributed by atoms with Crippen molar-refractivity contribution in [3.05, 3.63) is 0 Å². The maximum absolute atomic E-state index is 12.3. The van der Waals surface area contributed by atoms with Crippen LogP contribution in [0.2, 0.25) is 0 Å². The molecule has 110 valence electrons. The molecule has 0 heterocycles. The third-order valence-corrected chi connectivity index (χ3v) is 4.52. The third kappa shape index (κ3) is 8.06. The predicted octanol–water partition coefficient (Wildman–Crippen LogP) is 2.06. The standard InChI is InChI=1S/C13H30N2O2S/c1-12(2)11-15(9-6-8-14)18(16,17)10-7-13(3,4)5/h12H,6-11,14H2,1-5H3. The molecule has 5 heteroatoms. The van der Waals surface area contributed by atoms with Gasteiger partial charge in [-0.1, -0.05) is 34.6 Å². The summed E-state index contributed by atoms with van der Waals surface area (Å²) < 4.78 is 26.2. The summed E-state index contributed by atoms with van der Waals surface area (Å²) in [6.45, 7) is 11.9. The monoisotopic (exact) mass is 278 g/mol. The Morgan fingerprint density at radius 2 is 1.78 bits per heavy atom. The van der Waals surface area contributed by atoms with Gasteiger partial charge in [-0.3, -0.25) is 0 Å². The van der Waals surface area contributed by atoms with Crippen LogP contribution in [0.25, 0.3) is 0 Å². The van der Waals surface area contributed by atoms with E-state index in [0.717, 1.165) is 6.42 Å². The minimum atomic E-state index is -3.15. The van der Waals surface area contributed by atoms with E-state index in [0.29, 0.717) is 32.0 Å². The number of nitrogens with two attached hydrogens (primary N) is 1. The van der Waals surface area contributed by atoms with E-state index in [1.54, 1.807) is 4.31 Å². The summed E-state index contributed by atoms with van der Waals surface area (Å²) in [5, 5.41) is 0. The van der Waals surface area contributed by atoms with Crippen molar-refractivity contribution in [2.24, 2.45) is 17.1 Å². The molecule has 0 aliphatic rings. The lowest BCUT2D eigenvalue weighted by molar-refractivity contribution is 0.352. The molecule has 0 spiro atoms. The molecule has 0 aliphatic heterocycles. The van der Waals surface area contributed by atoms with Gasteiger partial charge in [-0.05, 0) is 30.7 Å². The van der Waals surface area contributed by atoms with Crippen molar-refractivity contribution in [2.75, 3.05) is 25.4 Å². The fourth-order valence-electron chi connectivity index (χ4n) is 1.58. The van der Waals surface area contributed by atoms with Crippen LogP contribution in [0.3, 0.4) is 0 Å². The van der Waals surface area contributed by atoms with E-state index in [1.807, 2.05) is 13.8 Å². The number of sulfonamides is 1. The fraction of sp³-hybridized carbons (Fsp3) is 1.00. The predicted molar refractivity (Wildman–Crippen MR) is 77.9 cm³/mol. The Morgan fingerprint density at radius 3 is 2.17 bits per heavy atom. The van der Waals surface area contributed by atoms with Crippen LogP contribution in [0.1, 0.15) is 47.5 Å². The number of hydrogen-bond donors (Lipinski definition) is 1. The largest absolute Gasteiger partial charge is 0.330 e. The highest BCUT2D eigenvalue weighted by Gasteiger charge is 2.24. The summed E-state index contributed by atoms with van der Waals surface area (Å²) in [7, 11) is -3.15. The molecule has 0 bridgehead atoms. The first-order valence-electron chi connectivity index (χ1n) is 6.76. The first-order valence-corrected chi connectivity index (χ1v) is 8.37. The normalized spacial score (nSPS) is 13.6. The van der Waals surface area contributed by atoms with Crippen molar-refractivity contribution < 1.29 is 8.42 Å². The van der Waals surface area contributed by atoms with Gasteiger partial charge in [0.25, 0.3) is 0 Å². The number of nitrogens with zero attached hydrogens (tertiary/aromatic N) is 1. The fourth-order valence-corrected chi connectivity index (χ4v) is 3.64. The van der Waals surface area contributed by atoms with Crippen LogP contribution in [-0.2, 0) is 10.0 Å². The lowest BCUT2D eigenvalue weighted by Crippen LogP contribution is -2.38. The summed E-state index contributed by atoms with van der Waals surface area (Å²) >= 11 is 0. The van der Waals surface area contributed by atoms with Crippen LogP contribution < -0.4 is 5.73 Å². The van der Waals surface area contributed by atoms with Crippen LogP contribution in [0.4, 0.5) is 0 Å². The van der Waals surface area contributed by atoms with Gasteiger partial charge < -0.3 is 5.73 Å². The van der Waals surface area contributed by atoms with Crippen LogP contribution in [0.15, 0.2) is 0 Å². The van der Waals surface area contributed by atoms with Gasteiger partial charge in [0.15, 0.2) is 0 Å². The Labute approximate surface area is 113 Å². The Morgan fingerprint density at radius 1 is 1.22 bits per heavy atom. The lowest BCUT2D eigenvalue weighted by atomic mass is 9.94. The smallest absolute Gasteiger partial charge is 0.214 e. The van der Waals surface area contributed by atoms with E-state index >= 15 is 0 Å². The van der Waals surface area contributed by atoms with Crippen molar-refractivity contribution in [3.63, 3.8) is 0 Å². The molecule has 0 amide bonds. The zero-order valence-corrected chi connectivity index (χ0v) is 13.4. The molecule has 0 aliphatic carbocycles. The van der Waals surface area contributed by atoms with Crippen LogP contribution in [-0.4, -0.2) is 38.1 Å². The first-order chi connectivity index (χ1) is 8.08. The van der Waals surface area contributed by atoms with Gasteiger partial charge >= 0.3 is 0 Å². The summed E-state index contributed by atoms with van der Waals surface area (Å²) in [6, 6.07) is 0. The quantitative estimate of drug-likeness (QED) is 0.739. The molecule has 0 atom stereocenters. The molecular weight excluding hydrogens is 248 g/mol. The minimum Gasteiger partial charge on any atom is -0.330 e. The summed E-state index contributed by atoms with van der Waals surface area (Å²) in [5.41, 5.74) is 5.52. The Kier molecular flexibility index (Phi) is 7.40. The molecule has 18 heavy (non-hydrogen) atoms. The molecule has 0 aromatic rings. The molecule has 0 aromatic heterocycles. The summed E-state index contributed by atoms with van der Waals surface area (Å²) in [4.78, 5) is 0. The zero-order chi connectivity index (χ0) is 14.4. The van der Waals surface area contributed by atoms with E-state index in [-0.39, 0.29) is 11.2 Å². The molecule has 2 N–H and O–H groups in total. The maximum Gasteiger partial charge on any atom is 0.214 e. The van der Waals surface area contributed by atoms with Crippen molar-refractivity contribution in [2.45, 2.75) is 47.5 Å². The molecule has 0 radical (unpaired) electrons. The van der Waals surface area contributed by atoms with E-state index in [4.69, 9.17) is 5.73 Å². The molecule has 0 fully saturated rings. The summed E-state index contributed by atoms with van der Waals surface area (Å²) in [5.74, 6) is 0.570. The molecule has 0 saturated heterocycles. The van der Waals surface area contributed by atoms with Gasteiger partial charge in [0, 0.05) is 13.1 Å². The third-order valence-electron chi connectivity index (χ3n) is 2.68. The molecule has 0 aromatic carbocycles. The van der Waals surface area contributed by atoms with Crippen molar-refractivity contribution in [1.29, 1.82) is 0 Å². The maximum atomic E-state index is 12.3. The topological polar surface area (TPSA) is 63.4 Å². The highest BCUT2D eigenvalue weighted by Crippen LogP contribution is 2.20. The highest BCUT2D eigenvalue weighted by atomic mass is 32.2. The van der Waals surface area contributed by atoms with Gasteiger partial charge in [-0.15, -0.1) is 0 Å². The van der Waals surface area contributed by atoms with Crippen molar-refractivity contribution in [3.8, 4) is 0 Å². The van der Waals surface area contributed by atoms with Gasteiger partial charge in [0.2, 0.25) is 10.0 Å². The van der Waals surface area contributed by atoms with Gasteiger partial charge in [-0.25, -0.2) is 12.7 Å². The Bertz CT molecular complexity index is 318. The van der Waals surface area contributed by atoms with Crippen molar-refractivity contribution in [1.82, 2.24) is 4.31 Å². The van der Waals surface area contributed by atoms with Gasteiger partial charge in [0.1, 0.15) is 0 Å². The number of hydrogen-bond acceptors (Lipinski definition) is 3. The van der Waals surface area contributed by atoms with E-state index in [1.165, 1.54) is 0 Å². The highest BCUT2D eigenvalue weighted by molar-refractivity contribution is 7.89. The second-order valence-electron chi connectivity index (χ2n) is 6.52. The molecule has 0 rings (SSSR count). The van der Waals surface area contributed by atoms with E-state index < -0.39 is 10.0 Å². The molecule has 0 saturated carbocycles. The second-order valence-corrected chi connectivity index (χ2v) is 8.61. The van der Waals surface area contributed by atoms with Crippen molar-refractivity contribution >= 4 is 10.0 Å². The summed E-state index contributed by atoms with van der Waals surface area (Å²) in [6.07, 6.45) is 1.41. The van der Waals surface area contributed by atoms with Crippen LogP contribution in [0.5, 0.6) is 0 Å². The average molecular weight is 278 g/mol. The van der Waals surface area contributed by atoms with E-state index in [9.17, 15) is 8.42 Å². The first kappa shape index (κ1) is 17.9. The van der Waals surface area contributed by atoms with Gasteiger partial charge in [-0.2, -0.15) is 0 Å². The minimum absolute atomic E-state index is 0.0461. The SMILES string of the molecule is CC(C)CN(CCCN)S(=O)(=O)CCC(C)(C)C. The van der Waals surface area contributed by atoms with Crippen LogP contribution in [0, 0.1) is 11.3 Å². The second kappa shape index (κ2) is 7.46. The molecule has 0 unspecified atom stereocenters. The van der Waals surface area contributed by atoms with Crippen LogP contribution >= 0.6 is 0 Å².